The number of likely N-dealkylation sites (tertiary alicyclic amines) is 1. The molecule has 2 heterocycles. The lowest BCUT2D eigenvalue weighted by molar-refractivity contribution is -0.144. The molecule has 20 heteroatoms. The van der Waals surface area contributed by atoms with E-state index in [1.807, 2.05) is 6.92 Å². The first-order valence-electron chi connectivity index (χ1n) is 16.1. The van der Waals surface area contributed by atoms with Crippen LogP contribution in [0.5, 0.6) is 0 Å². The summed E-state index contributed by atoms with van der Waals surface area (Å²) in [6.45, 7) is 5.58. The van der Waals surface area contributed by atoms with E-state index in [0.717, 1.165) is 0 Å². The van der Waals surface area contributed by atoms with E-state index in [1.54, 1.807) is 6.92 Å². The lowest BCUT2D eigenvalue weighted by Gasteiger charge is -2.29. The molecule has 11 N–H and O–H groups in total. The van der Waals surface area contributed by atoms with Gasteiger partial charge in [-0.2, -0.15) is 0 Å². The molecule has 0 radical (unpaired) electrons. The van der Waals surface area contributed by atoms with Crippen molar-refractivity contribution in [1.29, 1.82) is 0 Å². The summed E-state index contributed by atoms with van der Waals surface area (Å²) in [6, 6.07) is -9.08. The van der Waals surface area contributed by atoms with Gasteiger partial charge in [0.05, 0.1) is 25.4 Å². The Morgan fingerprint density at radius 2 is 1.52 bits per heavy atom. The number of rotatable bonds is 19. The van der Waals surface area contributed by atoms with Crippen molar-refractivity contribution in [2.75, 3.05) is 13.2 Å². The molecule has 1 aliphatic rings. The van der Waals surface area contributed by atoms with Crippen LogP contribution in [0.2, 0.25) is 0 Å². The number of carbonyl (C=O) groups excluding carboxylic acids is 6. The molecule has 0 saturated carbocycles. The number of aliphatic hydroxyl groups excluding tert-OH is 1. The Morgan fingerprint density at radius 1 is 0.900 bits per heavy atom. The Balaban J connectivity index is 2.11. The summed E-state index contributed by atoms with van der Waals surface area (Å²) < 4.78 is 0. The second-order valence-corrected chi connectivity index (χ2v) is 12.1. The molecule has 1 aliphatic heterocycles. The van der Waals surface area contributed by atoms with Crippen LogP contribution in [0.3, 0.4) is 0 Å². The van der Waals surface area contributed by atoms with E-state index in [2.05, 4.69) is 36.6 Å². The largest absolute Gasteiger partial charge is 0.481 e. The highest BCUT2D eigenvalue weighted by molar-refractivity contribution is 5.98. The van der Waals surface area contributed by atoms with E-state index in [4.69, 9.17) is 5.73 Å². The van der Waals surface area contributed by atoms with E-state index < -0.39 is 103 Å². The maximum absolute atomic E-state index is 13.3. The Morgan fingerprint density at radius 3 is 2.08 bits per heavy atom. The number of carboxylic acid groups (broad SMARTS) is 2. The number of carboxylic acids is 2. The third-order valence-corrected chi connectivity index (χ3v) is 8.30. The number of aromatic amines is 1. The van der Waals surface area contributed by atoms with E-state index in [9.17, 15) is 53.7 Å². The van der Waals surface area contributed by atoms with Gasteiger partial charge in [-0.15, -0.1) is 0 Å². The summed E-state index contributed by atoms with van der Waals surface area (Å²) in [5.74, 6) is -7.98. The van der Waals surface area contributed by atoms with Crippen molar-refractivity contribution in [2.45, 2.75) is 102 Å². The predicted molar refractivity (Wildman–Crippen MR) is 172 cm³/mol. The molecule has 2 rings (SSSR count). The van der Waals surface area contributed by atoms with Crippen LogP contribution in [-0.2, 0) is 44.8 Å². The van der Waals surface area contributed by atoms with Gasteiger partial charge in [0.1, 0.15) is 36.3 Å². The minimum atomic E-state index is -1.68. The molecule has 1 aromatic heterocycles. The fourth-order valence-electron chi connectivity index (χ4n) is 5.05. The van der Waals surface area contributed by atoms with Gasteiger partial charge in [0.2, 0.25) is 35.4 Å². The second-order valence-electron chi connectivity index (χ2n) is 12.1. The number of carbonyl (C=O) groups is 8. The lowest BCUT2D eigenvalue weighted by Crippen LogP contribution is -2.59. The molecular weight excluding hydrogens is 662 g/mol. The summed E-state index contributed by atoms with van der Waals surface area (Å²) in [4.78, 5) is 109. The minimum absolute atomic E-state index is 0.139. The number of imidazole rings is 1. The number of nitrogens with zero attached hydrogens (tertiary/aromatic N) is 2. The molecule has 20 nitrogen and oxygen atoms in total. The highest BCUT2D eigenvalue weighted by Gasteiger charge is 2.39. The second kappa shape index (κ2) is 19.2. The van der Waals surface area contributed by atoms with Crippen molar-refractivity contribution >= 4 is 47.4 Å². The van der Waals surface area contributed by atoms with Gasteiger partial charge in [-0.25, -0.2) is 9.78 Å². The van der Waals surface area contributed by atoms with Crippen LogP contribution < -0.4 is 32.3 Å². The molecule has 8 atom stereocenters. The van der Waals surface area contributed by atoms with Crippen LogP contribution in [0.15, 0.2) is 12.5 Å². The van der Waals surface area contributed by atoms with Crippen molar-refractivity contribution in [3.63, 3.8) is 0 Å². The Bertz CT molecular complexity index is 1390. The Labute approximate surface area is 287 Å². The van der Waals surface area contributed by atoms with E-state index >= 15 is 0 Å². The van der Waals surface area contributed by atoms with Crippen LogP contribution in [-0.4, -0.2) is 133 Å². The average molecular weight is 710 g/mol. The third-order valence-electron chi connectivity index (χ3n) is 8.30. The van der Waals surface area contributed by atoms with E-state index in [-0.39, 0.29) is 25.3 Å². The average Bonchev–Trinajstić information content (AvgIpc) is 3.77. The van der Waals surface area contributed by atoms with E-state index in [0.29, 0.717) is 18.5 Å². The maximum atomic E-state index is 13.3. The monoisotopic (exact) mass is 709 g/mol. The number of hydrogen-bond donors (Lipinski definition) is 10. The third kappa shape index (κ3) is 11.8. The summed E-state index contributed by atoms with van der Waals surface area (Å²) >= 11 is 0. The molecule has 0 bridgehead atoms. The summed E-state index contributed by atoms with van der Waals surface area (Å²) in [6.07, 6.45) is 2.86. The number of nitrogens with one attached hydrogen (secondary N) is 6. The zero-order valence-corrected chi connectivity index (χ0v) is 28.3. The summed E-state index contributed by atoms with van der Waals surface area (Å²) in [5.41, 5.74) is 6.34. The lowest BCUT2D eigenvalue weighted by atomic mass is 9.99. The van der Waals surface area contributed by atoms with Crippen LogP contribution in [0.4, 0.5) is 0 Å². The number of nitrogens with two attached hydrogens (primary N) is 1. The van der Waals surface area contributed by atoms with Gasteiger partial charge in [0.25, 0.3) is 0 Å². The van der Waals surface area contributed by atoms with Gasteiger partial charge < -0.3 is 57.5 Å². The van der Waals surface area contributed by atoms with Crippen LogP contribution >= 0.6 is 0 Å². The van der Waals surface area contributed by atoms with E-state index in [1.165, 1.54) is 31.3 Å². The number of aromatic nitrogens is 2. The topological polar surface area (TPSA) is 315 Å². The van der Waals surface area contributed by atoms with Gasteiger partial charge in [0, 0.05) is 24.9 Å². The van der Waals surface area contributed by atoms with Gasteiger partial charge >= 0.3 is 11.9 Å². The smallest absolute Gasteiger partial charge is 0.328 e. The molecule has 0 unspecified atom stereocenters. The Kier molecular flexibility index (Phi) is 15.7. The van der Waals surface area contributed by atoms with Gasteiger partial charge in [-0.05, 0) is 32.6 Å². The van der Waals surface area contributed by atoms with Crippen LogP contribution in [0, 0.1) is 5.92 Å². The molecule has 1 aromatic rings. The fraction of sp³-hybridized carbons (Fsp3) is 0.633. The number of amides is 6. The molecule has 278 valence electrons. The minimum Gasteiger partial charge on any atom is -0.481 e. The zero-order valence-electron chi connectivity index (χ0n) is 28.3. The molecular formula is C30H47N9O11. The highest BCUT2D eigenvalue weighted by Crippen LogP contribution is 2.19. The predicted octanol–water partition coefficient (Wildman–Crippen LogP) is -3.67. The summed E-state index contributed by atoms with van der Waals surface area (Å²) in [7, 11) is 0. The van der Waals surface area contributed by atoms with Crippen molar-refractivity contribution < 1.29 is 53.7 Å². The molecule has 0 spiro atoms. The normalized spacial score (nSPS) is 18.3. The number of H-pyrrole nitrogens is 1. The molecule has 6 amide bonds. The van der Waals surface area contributed by atoms with Crippen molar-refractivity contribution in [3.8, 4) is 0 Å². The quantitative estimate of drug-likeness (QED) is 0.0663. The molecule has 0 aromatic carbocycles. The number of aliphatic hydroxyl groups is 1. The fourth-order valence-corrected chi connectivity index (χ4v) is 5.05. The number of aliphatic carboxylic acids is 2. The number of hydrogen-bond acceptors (Lipinski definition) is 11. The van der Waals surface area contributed by atoms with Gasteiger partial charge in [0.15, 0.2) is 0 Å². The zero-order chi connectivity index (χ0) is 37.7. The standard InChI is InChI=1S/C30H47N9O11/c1-5-14(2)23(31)28(47)35-16(4)29(48)39-8-6-7-21(39)27(46)37-19(10-22(41)42)25(44)34-15(3)24(43)36-18(9-17-11-32-13-33-17)26(45)38-20(12-40)30(49)50/h11,13-16,18-21,23,40H,5-10,12,31H2,1-4H3,(H,32,33)(H,34,44)(H,35,47)(H,36,43)(H,37,46)(H,38,45)(H,41,42)(H,49,50)/t14-,15-,16-,18-,19-,20-,21-,23-/m0/s1. The first kappa shape index (κ1) is 41.1. The van der Waals surface area contributed by atoms with Crippen LogP contribution in [0.25, 0.3) is 0 Å². The van der Waals surface area contributed by atoms with Crippen LogP contribution in [0.1, 0.15) is 59.1 Å². The molecule has 1 fully saturated rings. The van der Waals surface area contributed by atoms with Gasteiger partial charge in [-0.1, -0.05) is 20.3 Å². The first-order chi connectivity index (χ1) is 23.5. The van der Waals surface area contributed by atoms with Crippen molar-refractivity contribution in [3.05, 3.63) is 18.2 Å². The van der Waals surface area contributed by atoms with Crippen molar-refractivity contribution in [1.82, 2.24) is 41.5 Å². The molecule has 0 aliphatic carbocycles. The SMILES string of the molecule is CC[C@H](C)[C@H](N)C(=O)N[C@@H](C)C(=O)N1CCC[C@H]1C(=O)N[C@@H](CC(=O)O)C(=O)N[C@@H](C)C(=O)N[C@@H](Cc1cnc[nH]1)C(=O)N[C@@H](CO)C(=O)O. The molecule has 1 saturated heterocycles. The highest BCUT2D eigenvalue weighted by atomic mass is 16.4. The first-order valence-corrected chi connectivity index (χ1v) is 16.1. The van der Waals surface area contributed by atoms with Gasteiger partial charge in [-0.3, -0.25) is 33.6 Å². The molecule has 50 heavy (non-hydrogen) atoms. The Hall–Kier alpha value is -5.11. The summed E-state index contributed by atoms with van der Waals surface area (Å²) in [5, 5.41) is 39.6. The van der Waals surface area contributed by atoms with Crippen molar-refractivity contribution in [2.24, 2.45) is 11.7 Å². The maximum Gasteiger partial charge on any atom is 0.328 e.